The van der Waals surface area contributed by atoms with E-state index in [0.29, 0.717) is 17.9 Å². The largest absolute Gasteiger partial charge is 0.311 e. The molecule has 0 saturated heterocycles. The van der Waals surface area contributed by atoms with E-state index in [1.807, 2.05) is 60.7 Å². The molecule has 2 unspecified atom stereocenters. The summed E-state index contributed by atoms with van der Waals surface area (Å²) in [5.74, 6) is -1.65. The third-order valence-electron chi connectivity index (χ3n) is 5.85. The lowest BCUT2D eigenvalue weighted by molar-refractivity contribution is -0.133. The molecule has 0 aliphatic rings. The van der Waals surface area contributed by atoms with Crippen molar-refractivity contribution in [2.24, 2.45) is 5.73 Å². The quantitative estimate of drug-likeness (QED) is 0.376. The summed E-state index contributed by atoms with van der Waals surface area (Å²) < 4.78 is 15.1. The average molecular weight is 472 g/mol. The van der Waals surface area contributed by atoms with Crippen LogP contribution < -0.4 is 11.1 Å². The molecule has 0 aliphatic carbocycles. The molecule has 2 atom stereocenters. The second kappa shape index (κ2) is 9.99. The number of aromatic nitrogens is 3. The third-order valence-corrected chi connectivity index (χ3v) is 5.85. The summed E-state index contributed by atoms with van der Waals surface area (Å²) in [5.41, 5.74) is 6.77. The highest BCUT2D eigenvalue weighted by Gasteiger charge is 2.40. The van der Waals surface area contributed by atoms with Gasteiger partial charge in [-0.25, -0.2) is 9.07 Å². The Morgan fingerprint density at radius 3 is 2.23 bits per heavy atom. The van der Waals surface area contributed by atoms with Crippen LogP contribution >= 0.6 is 0 Å². The second-order valence-electron chi connectivity index (χ2n) is 8.56. The molecule has 0 fully saturated rings. The number of nitrogens with zero attached hydrogens (tertiary/aromatic N) is 3. The maximum atomic E-state index is 13.5. The van der Waals surface area contributed by atoms with Crippen molar-refractivity contribution in [2.75, 3.05) is 5.32 Å². The van der Waals surface area contributed by atoms with Gasteiger partial charge < -0.3 is 5.73 Å². The van der Waals surface area contributed by atoms with E-state index in [0.717, 1.165) is 11.1 Å². The van der Waals surface area contributed by atoms with Crippen molar-refractivity contribution in [3.05, 3.63) is 102 Å². The summed E-state index contributed by atoms with van der Waals surface area (Å²) in [5, 5.41) is 7.03. The maximum Gasteiger partial charge on any atom is 0.254 e. The molecule has 4 rings (SSSR count). The molecule has 7 nitrogen and oxygen atoms in total. The van der Waals surface area contributed by atoms with Crippen LogP contribution in [0, 0.1) is 5.82 Å². The minimum absolute atomic E-state index is 0.00194. The van der Waals surface area contributed by atoms with E-state index in [-0.39, 0.29) is 11.8 Å². The predicted molar refractivity (Wildman–Crippen MR) is 132 cm³/mol. The van der Waals surface area contributed by atoms with Gasteiger partial charge in [-0.15, -0.1) is 5.10 Å². The molecule has 178 valence electrons. The van der Waals surface area contributed by atoms with E-state index < -0.39 is 23.1 Å². The lowest BCUT2D eigenvalue weighted by Crippen LogP contribution is -2.56. The minimum atomic E-state index is -1.81. The van der Waals surface area contributed by atoms with Crippen LogP contribution in [0.3, 0.4) is 0 Å². The summed E-state index contributed by atoms with van der Waals surface area (Å²) in [6.07, 6.45) is 0. The van der Waals surface area contributed by atoms with Gasteiger partial charge in [0, 0.05) is 11.5 Å². The van der Waals surface area contributed by atoms with Gasteiger partial charge in [-0.05, 0) is 42.3 Å². The number of halogens is 1. The lowest BCUT2D eigenvalue weighted by atomic mass is 9.84. The van der Waals surface area contributed by atoms with Crippen LogP contribution in [-0.2, 0) is 16.1 Å². The molecular formula is C27H26FN5O2. The van der Waals surface area contributed by atoms with Crippen molar-refractivity contribution in [3.63, 3.8) is 0 Å². The van der Waals surface area contributed by atoms with Gasteiger partial charge in [0.1, 0.15) is 5.82 Å². The monoisotopic (exact) mass is 471 g/mol. The van der Waals surface area contributed by atoms with Gasteiger partial charge in [0.05, 0.1) is 6.54 Å². The molecule has 0 bridgehead atoms. The molecule has 4 aromatic rings. The first-order chi connectivity index (χ1) is 16.8. The Labute approximate surface area is 202 Å². The number of rotatable bonds is 8. The molecule has 0 radical (unpaired) electrons. The third kappa shape index (κ3) is 5.33. The highest BCUT2D eigenvalue weighted by Crippen LogP contribution is 2.24. The van der Waals surface area contributed by atoms with E-state index in [4.69, 9.17) is 5.73 Å². The number of nitrogens with two attached hydrogens (primary N) is 1. The normalized spacial score (nSPS) is 13.6. The Kier molecular flexibility index (Phi) is 6.84. The number of ketones is 1. The van der Waals surface area contributed by atoms with Crippen LogP contribution in [0.4, 0.5) is 10.3 Å². The summed E-state index contributed by atoms with van der Waals surface area (Å²) in [4.78, 5) is 30.6. The number of carbonyl (C=O) groups is 2. The lowest BCUT2D eigenvalue weighted by Gasteiger charge is -2.25. The number of amides is 1. The van der Waals surface area contributed by atoms with E-state index in [9.17, 15) is 14.0 Å². The summed E-state index contributed by atoms with van der Waals surface area (Å²) >= 11 is 0. The van der Waals surface area contributed by atoms with E-state index in [2.05, 4.69) is 15.4 Å². The molecule has 0 spiro atoms. The first-order valence-corrected chi connectivity index (χ1v) is 11.2. The molecule has 0 aliphatic heterocycles. The Hall–Kier alpha value is -4.17. The fraction of sp³-hybridized carbons (Fsp3) is 0.185. The van der Waals surface area contributed by atoms with Gasteiger partial charge in [0.2, 0.25) is 5.95 Å². The molecule has 3 aromatic carbocycles. The molecule has 1 aromatic heterocycles. The van der Waals surface area contributed by atoms with E-state index in [1.165, 1.54) is 19.1 Å². The van der Waals surface area contributed by atoms with Gasteiger partial charge in [-0.3, -0.25) is 14.9 Å². The van der Waals surface area contributed by atoms with Gasteiger partial charge in [0.25, 0.3) is 5.91 Å². The van der Waals surface area contributed by atoms with E-state index in [1.54, 1.807) is 23.7 Å². The Bertz CT molecular complexity index is 1320. The number of hydrogen-bond acceptors (Lipinski definition) is 5. The van der Waals surface area contributed by atoms with Crippen molar-refractivity contribution >= 4 is 17.6 Å². The standard InChI is InChI=1S/C27H26FN5O2/c1-18(20-11-7-4-8-12-20)23(34)27(2,29)25(35)31-26-30-24(21-13-15-22(28)16-14-21)33(32-26)17-19-9-5-3-6-10-19/h3-16,18H,17,29H2,1-2H3,(H,31,32,35). The van der Waals surface area contributed by atoms with Crippen molar-refractivity contribution < 1.29 is 14.0 Å². The van der Waals surface area contributed by atoms with Crippen molar-refractivity contribution in [3.8, 4) is 11.4 Å². The van der Waals surface area contributed by atoms with Gasteiger partial charge in [-0.2, -0.15) is 4.98 Å². The first-order valence-electron chi connectivity index (χ1n) is 11.2. The molecule has 0 saturated carbocycles. The summed E-state index contributed by atoms with van der Waals surface area (Å²) in [7, 11) is 0. The van der Waals surface area contributed by atoms with Crippen LogP contribution in [-0.4, -0.2) is 32.0 Å². The average Bonchev–Trinajstić information content (AvgIpc) is 3.26. The van der Waals surface area contributed by atoms with Crippen molar-refractivity contribution in [2.45, 2.75) is 31.8 Å². The highest BCUT2D eigenvalue weighted by atomic mass is 19.1. The van der Waals surface area contributed by atoms with Crippen molar-refractivity contribution in [1.82, 2.24) is 14.8 Å². The number of Topliss-reactive ketones (excluding diaryl/α,β-unsaturated/α-hetero) is 1. The van der Waals surface area contributed by atoms with Crippen LogP contribution in [0.1, 0.15) is 30.9 Å². The molecule has 8 heteroatoms. The maximum absolute atomic E-state index is 13.5. The molecule has 35 heavy (non-hydrogen) atoms. The number of anilines is 1. The van der Waals surface area contributed by atoms with Gasteiger partial charge >= 0.3 is 0 Å². The highest BCUT2D eigenvalue weighted by molar-refractivity contribution is 6.16. The van der Waals surface area contributed by atoms with Crippen LogP contribution in [0.2, 0.25) is 0 Å². The zero-order chi connectivity index (χ0) is 25.0. The van der Waals surface area contributed by atoms with Crippen LogP contribution in [0.5, 0.6) is 0 Å². The fourth-order valence-electron chi connectivity index (χ4n) is 3.76. The molecule has 1 heterocycles. The number of carbonyl (C=O) groups excluding carboxylic acids is 2. The van der Waals surface area contributed by atoms with Gasteiger partial charge in [0.15, 0.2) is 17.1 Å². The Balaban J connectivity index is 1.60. The predicted octanol–water partition coefficient (Wildman–Crippen LogP) is 4.16. The summed E-state index contributed by atoms with van der Waals surface area (Å²) in [6.45, 7) is 3.47. The fourth-order valence-corrected chi connectivity index (χ4v) is 3.76. The van der Waals surface area contributed by atoms with Crippen molar-refractivity contribution in [1.29, 1.82) is 0 Å². The zero-order valence-corrected chi connectivity index (χ0v) is 19.5. The number of benzene rings is 3. The summed E-state index contributed by atoms with van der Waals surface area (Å²) in [6, 6.07) is 24.6. The first kappa shape index (κ1) is 24.0. The Morgan fingerprint density at radius 2 is 1.60 bits per heavy atom. The molecule has 3 N–H and O–H groups in total. The van der Waals surface area contributed by atoms with Crippen LogP contribution in [0.25, 0.3) is 11.4 Å². The smallest absolute Gasteiger partial charge is 0.254 e. The number of nitrogens with one attached hydrogen (secondary N) is 1. The van der Waals surface area contributed by atoms with Crippen LogP contribution in [0.15, 0.2) is 84.9 Å². The number of hydrogen-bond donors (Lipinski definition) is 2. The second-order valence-corrected chi connectivity index (χ2v) is 8.56. The topological polar surface area (TPSA) is 103 Å². The Morgan fingerprint density at radius 1 is 1.00 bits per heavy atom. The minimum Gasteiger partial charge on any atom is -0.311 e. The van der Waals surface area contributed by atoms with Gasteiger partial charge in [-0.1, -0.05) is 67.6 Å². The SMILES string of the molecule is CC(C(=O)C(C)(N)C(=O)Nc1nc(-c2ccc(F)cc2)n(Cc2ccccc2)n1)c1ccccc1. The molecule has 1 amide bonds. The van der Waals surface area contributed by atoms with E-state index >= 15 is 0 Å². The molecular weight excluding hydrogens is 445 g/mol. The zero-order valence-electron chi connectivity index (χ0n) is 19.5.